The molecule has 0 amide bonds. The van der Waals surface area contributed by atoms with Gasteiger partial charge in [-0.3, -0.25) is 9.98 Å². The van der Waals surface area contributed by atoms with Crippen LogP contribution in [0.3, 0.4) is 0 Å². The zero-order chi connectivity index (χ0) is 29.3. The third kappa shape index (κ3) is 4.79. The van der Waals surface area contributed by atoms with Crippen LogP contribution in [0, 0.1) is 6.92 Å². The first-order chi connectivity index (χ1) is 21.1. The predicted molar refractivity (Wildman–Crippen MR) is 180 cm³/mol. The van der Waals surface area contributed by atoms with Gasteiger partial charge in [-0.2, -0.15) is 0 Å². The van der Waals surface area contributed by atoms with E-state index in [0.29, 0.717) is 16.8 Å². The Balaban J connectivity index is 1.31. The van der Waals surface area contributed by atoms with Crippen LogP contribution >= 0.6 is 0 Å². The number of rotatable bonds is 5. The Morgan fingerprint density at radius 3 is 1.60 bits per heavy atom. The topological polar surface area (TPSA) is 65.2 Å². The van der Waals surface area contributed by atoms with E-state index in [2.05, 4.69) is 31.2 Å². The summed E-state index contributed by atoms with van der Waals surface area (Å²) in [5.74, 6) is 0.292. The number of nitrogens with zero attached hydrogens (tertiary/aromatic N) is 2. The molecule has 0 saturated heterocycles. The van der Waals surface area contributed by atoms with Gasteiger partial charge in [-0.25, -0.2) is 0 Å². The van der Waals surface area contributed by atoms with Gasteiger partial charge >= 0.3 is 0 Å². The van der Waals surface area contributed by atoms with Crippen LogP contribution in [-0.4, -0.2) is 22.6 Å². The van der Waals surface area contributed by atoms with Crippen LogP contribution in [0.4, 0.5) is 11.4 Å². The number of fused-ring (bicyclic) bond motifs is 3. The first kappa shape index (κ1) is 26.2. The van der Waals surface area contributed by atoms with Crippen molar-refractivity contribution in [1.82, 2.24) is 0 Å². The van der Waals surface area contributed by atoms with E-state index in [0.717, 1.165) is 49.3 Å². The summed E-state index contributed by atoms with van der Waals surface area (Å²) < 4.78 is 0. The second-order valence-electron chi connectivity index (χ2n) is 10.6. The van der Waals surface area contributed by atoms with Crippen LogP contribution in [0.5, 0.6) is 11.5 Å². The number of para-hydroxylation sites is 1. The van der Waals surface area contributed by atoms with E-state index in [-0.39, 0.29) is 11.5 Å². The summed E-state index contributed by atoms with van der Waals surface area (Å²) in [6.45, 7) is 2.06. The average Bonchev–Trinajstić information content (AvgIpc) is 3.04. The van der Waals surface area contributed by atoms with Crippen molar-refractivity contribution in [1.29, 1.82) is 0 Å². The lowest BCUT2D eigenvalue weighted by Gasteiger charge is -2.15. The van der Waals surface area contributed by atoms with E-state index in [1.807, 2.05) is 97.1 Å². The summed E-state index contributed by atoms with van der Waals surface area (Å²) in [4.78, 5) is 9.59. The summed E-state index contributed by atoms with van der Waals surface area (Å²) >= 11 is 0. The Hall–Kier alpha value is -5.74. The largest absolute Gasteiger partial charge is 0.507 e. The quantitative estimate of drug-likeness (QED) is 0.207. The third-order valence-electron chi connectivity index (χ3n) is 8.02. The zero-order valence-electron chi connectivity index (χ0n) is 23.6. The van der Waals surface area contributed by atoms with Gasteiger partial charge in [-0.1, -0.05) is 97.1 Å². The van der Waals surface area contributed by atoms with Crippen molar-refractivity contribution in [2.75, 3.05) is 0 Å². The molecule has 0 spiro atoms. The molecule has 0 aliphatic rings. The molecule has 0 aliphatic carbocycles. The fraction of sp³-hybridized carbons (Fsp3) is 0.0256. The number of phenolic OH excluding ortho intramolecular Hbond substituents is 2. The molecule has 0 heterocycles. The van der Waals surface area contributed by atoms with Crippen molar-refractivity contribution in [3.63, 3.8) is 0 Å². The average molecular weight is 557 g/mol. The molecular formula is C39H28N2O2. The minimum absolute atomic E-state index is 0.101. The van der Waals surface area contributed by atoms with Crippen molar-refractivity contribution < 1.29 is 10.2 Å². The summed E-state index contributed by atoms with van der Waals surface area (Å²) in [6.07, 6.45) is 3.36. The highest BCUT2D eigenvalue weighted by atomic mass is 16.3. The zero-order valence-corrected chi connectivity index (χ0v) is 23.6. The number of hydrogen-bond donors (Lipinski definition) is 2. The lowest BCUT2D eigenvalue weighted by molar-refractivity contribution is 0.473. The van der Waals surface area contributed by atoms with Crippen LogP contribution in [-0.2, 0) is 0 Å². The van der Waals surface area contributed by atoms with E-state index < -0.39 is 0 Å². The molecule has 4 heteroatoms. The molecule has 43 heavy (non-hydrogen) atoms. The standard InChI is InChI=1S/C39H28N2O2/c1-25-31-14-5-2-9-26(31)17-20-34(25)40-23-29-12-8-13-30(39(29)43)24-41-35-21-18-27-10-3-6-15-32(27)37(35)38-33-16-7-4-11-28(33)19-22-36(38)42/h2-24,42-43H,1H3. The Labute approximate surface area is 249 Å². The molecule has 7 aromatic carbocycles. The van der Waals surface area contributed by atoms with Crippen LogP contribution in [0.25, 0.3) is 43.4 Å². The molecule has 0 aliphatic heterocycles. The van der Waals surface area contributed by atoms with Crippen LogP contribution in [0.2, 0.25) is 0 Å². The van der Waals surface area contributed by atoms with Crippen molar-refractivity contribution in [2.45, 2.75) is 6.92 Å². The summed E-state index contributed by atoms with van der Waals surface area (Å²) in [6, 6.07) is 41.6. The predicted octanol–water partition coefficient (Wildman–Crippen LogP) is 10.0. The van der Waals surface area contributed by atoms with E-state index in [1.54, 1.807) is 18.5 Å². The third-order valence-corrected chi connectivity index (χ3v) is 8.02. The lowest BCUT2D eigenvalue weighted by atomic mass is 9.92. The number of aliphatic imine (C=N–C) groups is 2. The van der Waals surface area contributed by atoms with E-state index in [1.165, 1.54) is 5.39 Å². The highest BCUT2D eigenvalue weighted by molar-refractivity contribution is 6.11. The Morgan fingerprint density at radius 2 is 0.953 bits per heavy atom. The number of hydrogen-bond acceptors (Lipinski definition) is 4. The van der Waals surface area contributed by atoms with E-state index in [9.17, 15) is 10.2 Å². The molecule has 7 aromatic rings. The lowest BCUT2D eigenvalue weighted by Crippen LogP contribution is -1.90. The molecule has 4 nitrogen and oxygen atoms in total. The molecule has 0 unspecified atom stereocenters. The highest BCUT2D eigenvalue weighted by Gasteiger charge is 2.17. The molecule has 0 fully saturated rings. The number of aryl methyl sites for hydroxylation is 1. The van der Waals surface area contributed by atoms with Gasteiger partial charge in [0, 0.05) is 34.7 Å². The maximum absolute atomic E-state index is 11.2. The summed E-state index contributed by atoms with van der Waals surface area (Å²) in [5.41, 5.74) is 5.38. The number of aromatic hydroxyl groups is 2. The summed E-state index contributed by atoms with van der Waals surface area (Å²) in [7, 11) is 0. The normalized spacial score (nSPS) is 11.8. The van der Waals surface area contributed by atoms with Gasteiger partial charge in [0.1, 0.15) is 11.5 Å². The Bertz CT molecular complexity index is 2230. The molecule has 0 aromatic heterocycles. The van der Waals surface area contributed by atoms with Crippen LogP contribution in [0.15, 0.2) is 137 Å². The van der Waals surface area contributed by atoms with E-state index >= 15 is 0 Å². The first-order valence-electron chi connectivity index (χ1n) is 14.2. The number of phenols is 2. The van der Waals surface area contributed by atoms with Crippen molar-refractivity contribution in [3.8, 4) is 22.6 Å². The molecule has 0 atom stereocenters. The van der Waals surface area contributed by atoms with Gasteiger partial charge in [0.2, 0.25) is 0 Å². The van der Waals surface area contributed by atoms with Gasteiger partial charge in [-0.15, -0.1) is 0 Å². The summed E-state index contributed by atoms with van der Waals surface area (Å²) in [5, 5.41) is 28.7. The van der Waals surface area contributed by atoms with Gasteiger partial charge in [-0.05, 0) is 75.1 Å². The van der Waals surface area contributed by atoms with Crippen molar-refractivity contribution in [3.05, 3.63) is 144 Å². The van der Waals surface area contributed by atoms with Gasteiger partial charge in [0.25, 0.3) is 0 Å². The first-order valence-corrected chi connectivity index (χ1v) is 14.2. The minimum atomic E-state index is 0.101. The fourth-order valence-electron chi connectivity index (χ4n) is 5.78. The van der Waals surface area contributed by atoms with Crippen LogP contribution in [0.1, 0.15) is 16.7 Å². The molecule has 2 N–H and O–H groups in total. The molecular weight excluding hydrogens is 528 g/mol. The minimum Gasteiger partial charge on any atom is -0.507 e. The molecule has 7 rings (SSSR count). The molecule has 206 valence electrons. The van der Waals surface area contributed by atoms with Gasteiger partial charge < -0.3 is 10.2 Å². The van der Waals surface area contributed by atoms with E-state index in [4.69, 9.17) is 9.98 Å². The maximum Gasteiger partial charge on any atom is 0.133 e. The monoisotopic (exact) mass is 556 g/mol. The van der Waals surface area contributed by atoms with Gasteiger partial charge in [0.15, 0.2) is 0 Å². The smallest absolute Gasteiger partial charge is 0.133 e. The second kappa shape index (κ2) is 10.9. The highest BCUT2D eigenvalue weighted by Crippen LogP contribution is 2.45. The SMILES string of the molecule is Cc1c(N=Cc2cccc(C=Nc3ccc4ccccc4c3-c3c(O)ccc4ccccc34)c2O)ccc2ccccc12. The van der Waals surface area contributed by atoms with Gasteiger partial charge in [0.05, 0.1) is 11.4 Å². The van der Waals surface area contributed by atoms with Crippen molar-refractivity contribution in [2.24, 2.45) is 9.98 Å². The second-order valence-corrected chi connectivity index (χ2v) is 10.6. The van der Waals surface area contributed by atoms with Crippen molar-refractivity contribution >= 4 is 56.1 Å². The maximum atomic E-state index is 11.2. The number of benzene rings is 7. The van der Waals surface area contributed by atoms with Crippen LogP contribution < -0.4 is 0 Å². The molecule has 0 saturated carbocycles. The molecule has 0 bridgehead atoms. The Kier molecular flexibility index (Phi) is 6.65. The Morgan fingerprint density at radius 1 is 0.465 bits per heavy atom. The molecule has 0 radical (unpaired) electrons. The fourth-order valence-corrected chi connectivity index (χ4v) is 5.78.